The van der Waals surface area contributed by atoms with E-state index in [1.165, 1.54) is 11.3 Å². The Morgan fingerprint density at radius 1 is 1.27 bits per heavy atom. The number of thiophene rings is 1. The van der Waals surface area contributed by atoms with Crippen LogP contribution in [0.3, 0.4) is 0 Å². The monoisotopic (exact) mass is 381 g/mol. The van der Waals surface area contributed by atoms with Crippen molar-refractivity contribution >= 4 is 39.0 Å². The van der Waals surface area contributed by atoms with E-state index in [0.29, 0.717) is 24.3 Å². The third-order valence-electron chi connectivity index (χ3n) is 3.08. The molecule has 0 aliphatic rings. The van der Waals surface area contributed by atoms with Gasteiger partial charge in [0.25, 0.3) is 5.91 Å². The summed E-state index contributed by atoms with van der Waals surface area (Å²) in [5.41, 5.74) is 0.537. The zero-order valence-corrected chi connectivity index (χ0v) is 14.7. The number of hydrogen-bond acceptors (Lipinski definition) is 4. The molecule has 0 saturated carbocycles. The van der Waals surface area contributed by atoms with Crippen LogP contribution in [0.25, 0.3) is 0 Å². The predicted octanol–water partition coefficient (Wildman–Crippen LogP) is 3.69. The van der Waals surface area contributed by atoms with Crippen LogP contribution in [0.15, 0.2) is 34.8 Å². The van der Waals surface area contributed by atoms with Crippen molar-refractivity contribution < 1.29 is 14.3 Å². The fourth-order valence-electron chi connectivity index (χ4n) is 1.90. The first-order valence-electron chi connectivity index (χ1n) is 6.72. The normalized spacial score (nSPS) is 10.3. The average molecular weight is 382 g/mol. The maximum atomic E-state index is 12.2. The van der Waals surface area contributed by atoms with E-state index in [4.69, 9.17) is 4.74 Å². The molecule has 0 aliphatic heterocycles. The minimum Gasteiger partial charge on any atom is -0.497 e. The summed E-state index contributed by atoms with van der Waals surface area (Å²) in [6.07, 6.45) is 0.700. The van der Waals surface area contributed by atoms with Crippen LogP contribution < -0.4 is 10.1 Å². The number of Topliss-reactive ketones (excluding diaryl/α,β-unsaturated/α-hetero) is 1. The van der Waals surface area contributed by atoms with Crippen LogP contribution in [0.1, 0.15) is 31.8 Å². The van der Waals surface area contributed by atoms with Crippen LogP contribution in [0.2, 0.25) is 0 Å². The lowest BCUT2D eigenvalue weighted by atomic mass is 10.2. The first kappa shape index (κ1) is 16.7. The summed E-state index contributed by atoms with van der Waals surface area (Å²) in [6.45, 7) is 2.07. The lowest BCUT2D eigenvalue weighted by Crippen LogP contribution is -2.25. The molecule has 1 heterocycles. The number of methoxy groups -OCH3 is 1. The fourth-order valence-corrected chi connectivity index (χ4v) is 3.23. The Balaban J connectivity index is 1.93. The molecule has 0 unspecified atom stereocenters. The largest absolute Gasteiger partial charge is 0.497 e. The second-order valence-electron chi connectivity index (χ2n) is 4.67. The second-order valence-corrected chi connectivity index (χ2v) is 6.70. The van der Waals surface area contributed by atoms with Gasteiger partial charge < -0.3 is 10.1 Å². The van der Waals surface area contributed by atoms with Crippen molar-refractivity contribution in [3.63, 3.8) is 0 Å². The molecule has 0 radical (unpaired) electrons. The third kappa shape index (κ3) is 4.18. The summed E-state index contributed by atoms with van der Waals surface area (Å²) in [5, 5.41) is 2.88. The number of rotatable bonds is 6. The third-order valence-corrected chi connectivity index (χ3v) is 5.02. The molecule has 1 aromatic carbocycles. The van der Waals surface area contributed by atoms with Crippen LogP contribution in [-0.2, 0) is 6.42 Å². The maximum absolute atomic E-state index is 12.2. The second kappa shape index (κ2) is 7.56. The van der Waals surface area contributed by atoms with Crippen molar-refractivity contribution in [2.75, 3.05) is 13.7 Å². The van der Waals surface area contributed by atoms with Crippen molar-refractivity contribution in [2.45, 2.75) is 13.3 Å². The van der Waals surface area contributed by atoms with Crippen LogP contribution in [0, 0.1) is 0 Å². The number of amides is 1. The summed E-state index contributed by atoms with van der Waals surface area (Å²) in [7, 11) is 1.56. The molecular formula is C16H16BrNO3S. The van der Waals surface area contributed by atoms with Crippen LogP contribution in [0.4, 0.5) is 0 Å². The molecule has 1 N–H and O–H groups in total. The van der Waals surface area contributed by atoms with E-state index < -0.39 is 0 Å². The number of ketones is 1. The summed E-state index contributed by atoms with van der Waals surface area (Å²) < 4.78 is 5.85. The Morgan fingerprint density at radius 3 is 2.68 bits per heavy atom. The fraction of sp³-hybridized carbons (Fsp3) is 0.250. The number of benzene rings is 1. The Kier molecular flexibility index (Phi) is 5.74. The van der Waals surface area contributed by atoms with Crippen LogP contribution >= 0.6 is 27.3 Å². The molecule has 1 amide bonds. The van der Waals surface area contributed by atoms with Gasteiger partial charge in [0.15, 0.2) is 5.78 Å². The average Bonchev–Trinajstić information content (AvgIpc) is 2.96. The number of halogens is 1. The van der Waals surface area contributed by atoms with Crippen LogP contribution in [-0.4, -0.2) is 25.3 Å². The molecule has 6 heteroatoms. The highest BCUT2D eigenvalue weighted by Gasteiger charge is 2.11. The lowest BCUT2D eigenvalue weighted by molar-refractivity contribution is 0.0952. The molecule has 0 atom stereocenters. The number of hydrogen-bond donors (Lipinski definition) is 1. The van der Waals surface area contributed by atoms with Gasteiger partial charge in [0.2, 0.25) is 0 Å². The van der Waals surface area contributed by atoms with E-state index in [1.54, 1.807) is 32.2 Å². The van der Waals surface area contributed by atoms with E-state index in [9.17, 15) is 9.59 Å². The molecule has 0 saturated heterocycles. The van der Waals surface area contributed by atoms with E-state index in [-0.39, 0.29) is 11.7 Å². The molecule has 0 spiro atoms. The van der Waals surface area contributed by atoms with Gasteiger partial charge in [-0.05, 0) is 59.6 Å². The summed E-state index contributed by atoms with van der Waals surface area (Å²) in [6, 6.07) is 9.01. The molecule has 1 aromatic heterocycles. The van der Waals surface area contributed by atoms with Gasteiger partial charge in [0.05, 0.1) is 17.6 Å². The van der Waals surface area contributed by atoms with Gasteiger partial charge in [-0.3, -0.25) is 9.59 Å². The quantitative estimate of drug-likeness (QED) is 0.776. The van der Waals surface area contributed by atoms with E-state index in [0.717, 1.165) is 14.2 Å². The number of carbonyl (C=O) groups excluding carboxylic acids is 2. The Bertz CT molecular complexity index is 696. The first-order chi connectivity index (χ1) is 10.5. The first-order valence-corrected chi connectivity index (χ1v) is 8.33. The van der Waals surface area contributed by atoms with Gasteiger partial charge >= 0.3 is 0 Å². The number of nitrogens with one attached hydrogen (secondary N) is 1. The summed E-state index contributed by atoms with van der Waals surface area (Å²) in [4.78, 5) is 25.3. The van der Waals surface area contributed by atoms with Gasteiger partial charge in [0.1, 0.15) is 5.75 Å². The van der Waals surface area contributed by atoms with Gasteiger partial charge in [-0.2, -0.15) is 0 Å². The molecule has 0 bridgehead atoms. The summed E-state index contributed by atoms with van der Waals surface area (Å²) in [5.74, 6) is 0.549. The van der Waals surface area contributed by atoms with Gasteiger partial charge in [0, 0.05) is 15.9 Å². The van der Waals surface area contributed by atoms with Gasteiger partial charge in [-0.1, -0.05) is 0 Å². The van der Waals surface area contributed by atoms with Crippen molar-refractivity contribution in [1.82, 2.24) is 5.32 Å². The van der Waals surface area contributed by atoms with E-state index >= 15 is 0 Å². The zero-order valence-electron chi connectivity index (χ0n) is 12.3. The highest BCUT2D eigenvalue weighted by Crippen LogP contribution is 2.22. The SMILES string of the molecule is COc1ccc(Br)c(C(=O)NCCc2ccc(C(C)=O)s2)c1. The van der Waals surface area contributed by atoms with Crippen molar-refractivity contribution in [3.8, 4) is 5.75 Å². The highest BCUT2D eigenvalue weighted by atomic mass is 79.9. The molecule has 0 aliphatic carbocycles. The number of ether oxygens (including phenoxy) is 1. The van der Waals surface area contributed by atoms with Crippen molar-refractivity contribution in [3.05, 3.63) is 50.1 Å². The van der Waals surface area contributed by atoms with Crippen molar-refractivity contribution in [1.29, 1.82) is 0 Å². The molecule has 2 rings (SSSR count). The molecule has 22 heavy (non-hydrogen) atoms. The van der Waals surface area contributed by atoms with Gasteiger partial charge in [-0.25, -0.2) is 0 Å². The Hall–Kier alpha value is -1.66. The highest BCUT2D eigenvalue weighted by molar-refractivity contribution is 9.10. The Morgan fingerprint density at radius 2 is 2.05 bits per heavy atom. The summed E-state index contributed by atoms with van der Waals surface area (Å²) >= 11 is 4.83. The standard InChI is InChI=1S/C16H16BrNO3S/c1-10(19)15-6-4-12(22-15)7-8-18-16(20)13-9-11(21-2)3-5-14(13)17/h3-6,9H,7-8H2,1-2H3,(H,18,20). The van der Waals surface area contributed by atoms with E-state index in [1.807, 2.05) is 12.1 Å². The number of carbonyl (C=O) groups is 2. The zero-order chi connectivity index (χ0) is 16.1. The van der Waals surface area contributed by atoms with Crippen molar-refractivity contribution in [2.24, 2.45) is 0 Å². The molecule has 2 aromatic rings. The molecule has 116 valence electrons. The Labute approximate surface area is 141 Å². The minimum atomic E-state index is -0.158. The molecule has 0 fully saturated rings. The topological polar surface area (TPSA) is 55.4 Å². The van der Waals surface area contributed by atoms with E-state index in [2.05, 4.69) is 21.2 Å². The molecule has 4 nitrogen and oxygen atoms in total. The minimum absolute atomic E-state index is 0.0700. The van der Waals surface area contributed by atoms with Crippen LogP contribution in [0.5, 0.6) is 5.75 Å². The lowest BCUT2D eigenvalue weighted by Gasteiger charge is -2.08. The maximum Gasteiger partial charge on any atom is 0.252 e. The van der Waals surface area contributed by atoms with Gasteiger partial charge in [-0.15, -0.1) is 11.3 Å². The smallest absolute Gasteiger partial charge is 0.252 e. The molecular weight excluding hydrogens is 366 g/mol. The predicted molar refractivity (Wildman–Crippen MR) is 91.1 cm³/mol.